The van der Waals surface area contributed by atoms with Gasteiger partial charge in [-0.05, 0) is 36.8 Å². The molecule has 0 fully saturated rings. The second kappa shape index (κ2) is 8.79. The fourth-order valence-electron chi connectivity index (χ4n) is 2.26. The average molecular weight is 343 g/mol. The molecule has 0 unspecified atom stereocenters. The largest absolute Gasteiger partial charge is 0.496 e. The molecular formula is C18H21N3O4. The van der Waals surface area contributed by atoms with Gasteiger partial charge in [-0.1, -0.05) is 6.07 Å². The van der Waals surface area contributed by atoms with Crippen molar-refractivity contribution in [2.24, 2.45) is 5.10 Å². The summed E-state index contributed by atoms with van der Waals surface area (Å²) in [6.07, 6.45) is 1.55. The van der Waals surface area contributed by atoms with Crippen LogP contribution in [0.4, 0.5) is 0 Å². The number of hydrazone groups is 1. The van der Waals surface area contributed by atoms with Gasteiger partial charge in [-0.3, -0.25) is 9.59 Å². The Morgan fingerprint density at radius 3 is 2.72 bits per heavy atom. The Bertz CT molecular complexity index is 827. The van der Waals surface area contributed by atoms with Crippen LogP contribution < -0.4 is 15.7 Å². The van der Waals surface area contributed by atoms with Gasteiger partial charge in [-0.15, -0.1) is 0 Å². The molecule has 132 valence electrons. The van der Waals surface area contributed by atoms with E-state index in [0.29, 0.717) is 12.3 Å². The molecule has 1 N–H and O–H groups in total. The normalized spacial score (nSPS) is 11.2. The lowest BCUT2D eigenvalue weighted by molar-refractivity contribution is -0.121. The van der Waals surface area contributed by atoms with E-state index < -0.39 is 0 Å². The van der Waals surface area contributed by atoms with Crippen LogP contribution in [-0.2, 0) is 22.7 Å². The van der Waals surface area contributed by atoms with Crippen LogP contribution in [0.3, 0.4) is 0 Å². The average Bonchev–Trinajstić information content (AvgIpc) is 2.62. The van der Waals surface area contributed by atoms with Crippen molar-refractivity contribution < 1.29 is 14.3 Å². The molecule has 2 aromatic rings. The van der Waals surface area contributed by atoms with Crippen LogP contribution in [0.25, 0.3) is 0 Å². The van der Waals surface area contributed by atoms with Crippen molar-refractivity contribution in [3.8, 4) is 5.75 Å². The van der Waals surface area contributed by atoms with Crippen molar-refractivity contribution in [3.63, 3.8) is 0 Å². The maximum atomic E-state index is 12.0. The van der Waals surface area contributed by atoms with Gasteiger partial charge in [0.15, 0.2) is 0 Å². The summed E-state index contributed by atoms with van der Waals surface area (Å²) >= 11 is 0. The van der Waals surface area contributed by atoms with Crippen LogP contribution >= 0.6 is 0 Å². The maximum absolute atomic E-state index is 12.0. The summed E-state index contributed by atoms with van der Waals surface area (Å²) in [4.78, 5) is 23.5. The molecule has 0 radical (unpaired) electrons. The first-order chi connectivity index (χ1) is 12.0. The van der Waals surface area contributed by atoms with Gasteiger partial charge in [0.1, 0.15) is 12.3 Å². The first-order valence-electron chi connectivity index (χ1n) is 7.70. The molecule has 1 heterocycles. The number of hydrogen-bond donors (Lipinski definition) is 1. The zero-order valence-electron chi connectivity index (χ0n) is 14.5. The molecule has 1 aromatic carbocycles. The van der Waals surface area contributed by atoms with Crippen molar-refractivity contribution in [2.75, 3.05) is 14.2 Å². The summed E-state index contributed by atoms with van der Waals surface area (Å²) in [5.41, 5.74) is 4.58. The van der Waals surface area contributed by atoms with E-state index >= 15 is 0 Å². The Labute approximate surface area is 145 Å². The first-order valence-corrected chi connectivity index (χ1v) is 7.70. The molecule has 0 aliphatic carbocycles. The third-order valence-corrected chi connectivity index (χ3v) is 3.56. The number of carbonyl (C=O) groups is 1. The molecule has 0 aliphatic rings. The Hall–Kier alpha value is -2.93. The van der Waals surface area contributed by atoms with Gasteiger partial charge < -0.3 is 14.0 Å². The van der Waals surface area contributed by atoms with Gasteiger partial charge >= 0.3 is 0 Å². The fraction of sp³-hybridized carbons (Fsp3) is 0.278. The molecule has 0 aliphatic heterocycles. The highest BCUT2D eigenvalue weighted by Gasteiger charge is 2.07. The molecule has 2 rings (SSSR count). The van der Waals surface area contributed by atoms with Gasteiger partial charge in [0.2, 0.25) is 0 Å². The van der Waals surface area contributed by atoms with E-state index in [1.807, 2.05) is 18.2 Å². The number of carbonyl (C=O) groups excluding carboxylic acids is 1. The molecule has 0 bridgehead atoms. The van der Waals surface area contributed by atoms with Crippen LogP contribution in [0.1, 0.15) is 18.1 Å². The van der Waals surface area contributed by atoms with E-state index in [1.54, 1.807) is 39.5 Å². The minimum Gasteiger partial charge on any atom is -0.496 e. The van der Waals surface area contributed by atoms with Crippen LogP contribution in [0.5, 0.6) is 5.75 Å². The fourth-order valence-corrected chi connectivity index (χ4v) is 2.26. The van der Waals surface area contributed by atoms with E-state index in [-0.39, 0.29) is 18.0 Å². The zero-order valence-corrected chi connectivity index (χ0v) is 14.5. The van der Waals surface area contributed by atoms with E-state index in [4.69, 9.17) is 9.47 Å². The summed E-state index contributed by atoms with van der Waals surface area (Å²) in [5, 5.41) is 4.10. The lowest BCUT2D eigenvalue weighted by atomic mass is 10.1. The summed E-state index contributed by atoms with van der Waals surface area (Å²) in [7, 11) is 3.21. The molecule has 0 atom stereocenters. The Morgan fingerprint density at radius 2 is 2.04 bits per heavy atom. The standard InChI is InChI=1S/C18H21N3O4/c1-13(14-7-8-16(25-3)15(10-14)12-24-2)19-20-17(22)11-21-9-5-4-6-18(21)23/h4-10H,11-12H2,1-3H3,(H,20,22)/b19-13-. The number of rotatable bonds is 7. The molecule has 0 spiro atoms. The molecule has 7 heteroatoms. The highest BCUT2D eigenvalue weighted by atomic mass is 16.5. The van der Waals surface area contributed by atoms with E-state index in [9.17, 15) is 9.59 Å². The monoisotopic (exact) mass is 343 g/mol. The molecule has 0 saturated heterocycles. The molecule has 25 heavy (non-hydrogen) atoms. The Morgan fingerprint density at radius 1 is 1.24 bits per heavy atom. The topological polar surface area (TPSA) is 81.9 Å². The lowest BCUT2D eigenvalue weighted by Gasteiger charge is -2.10. The number of amides is 1. The smallest absolute Gasteiger partial charge is 0.260 e. The van der Waals surface area contributed by atoms with E-state index in [1.165, 1.54) is 10.6 Å². The molecule has 1 aromatic heterocycles. The predicted molar refractivity (Wildman–Crippen MR) is 94.8 cm³/mol. The van der Waals surface area contributed by atoms with Crippen LogP contribution in [0, 0.1) is 0 Å². The minimum absolute atomic E-state index is 0.0893. The van der Waals surface area contributed by atoms with E-state index in [0.717, 1.165) is 16.9 Å². The Kier molecular flexibility index (Phi) is 6.47. The molecule has 1 amide bonds. The number of nitrogens with zero attached hydrogens (tertiary/aromatic N) is 2. The third kappa shape index (κ3) is 5.02. The summed E-state index contributed by atoms with van der Waals surface area (Å²) in [6, 6.07) is 10.3. The van der Waals surface area contributed by atoms with Gasteiger partial charge in [-0.2, -0.15) is 5.10 Å². The number of aromatic nitrogens is 1. The second-order valence-corrected chi connectivity index (χ2v) is 5.36. The Balaban J connectivity index is 2.08. The summed E-state index contributed by atoms with van der Waals surface area (Å²) < 4.78 is 11.8. The van der Waals surface area contributed by atoms with Crippen LogP contribution in [0.2, 0.25) is 0 Å². The highest BCUT2D eigenvalue weighted by molar-refractivity contribution is 5.99. The van der Waals surface area contributed by atoms with Crippen LogP contribution in [-0.4, -0.2) is 30.4 Å². The number of hydrogen-bond acceptors (Lipinski definition) is 5. The van der Waals surface area contributed by atoms with Crippen molar-refractivity contribution in [1.29, 1.82) is 0 Å². The quantitative estimate of drug-likeness (QED) is 0.611. The summed E-state index contributed by atoms with van der Waals surface area (Å²) in [5.74, 6) is 0.351. The maximum Gasteiger partial charge on any atom is 0.260 e. The third-order valence-electron chi connectivity index (χ3n) is 3.56. The minimum atomic E-state index is -0.377. The van der Waals surface area contributed by atoms with Gasteiger partial charge in [-0.25, -0.2) is 5.43 Å². The van der Waals surface area contributed by atoms with Gasteiger partial charge in [0.05, 0.1) is 19.4 Å². The van der Waals surface area contributed by atoms with Crippen molar-refractivity contribution in [2.45, 2.75) is 20.1 Å². The lowest BCUT2D eigenvalue weighted by Crippen LogP contribution is -2.29. The predicted octanol–water partition coefficient (Wildman–Crippen LogP) is 1.54. The van der Waals surface area contributed by atoms with Crippen molar-refractivity contribution in [1.82, 2.24) is 9.99 Å². The van der Waals surface area contributed by atoms with Gasteiger partial charge in [0, 0.05) is 24.9 Å². The number of benzene rings is 1. The second-order valence-electron chi connectivity index (χ2n) is 5.36. The molecular weight excluding hydrogens is 322 g/mol. The van der Waals surface area contributed by atoms with Crippen molar-refractivity contribution in [3.05, 3.63) is 64.1 Å². The molecule has 0 saturated carbocycles. The van der Waals surface area contributed by atoms with E-state index in [2.05, 4.69) is 10.5 Å². The number of methoxy groups -OCH3 is 2. The first kappa shape index (κ1) is 18.4. The van der Waals surface area contributed by atoms with Gasteiger partial charge in [0.25, 0.3) is 11.5 Å². The molecule has 7 nitrogen and oxygen atoms in total. The zero-order chi connectivity index (χ0) is 18.2. The number of pyridine rings is 1. The number of ether oxygens (including phenoxy) is 2. The van der Waals surface area contributed by atoms with Crippen molar-refractivity contribution >= 4 is 11.6 Å². The SMILES string of the molecule is COCc1cc(/C(C)=N\NC(=O)Cn2ccccc2=O)ccc1OC. The highest BCUT2D eigenvalue weighted by Crippen LogP contribution is 2.21. The van der Waals surface area contributed by atoms with Crippen LogP contribution in [0.15, 0.2) is 52.5 Å². The summed E-state index contributed by atoms with van der Waals surface area (Å²) in [6.45, 7) is 2.11. The number of nitrogens with one attached hydrogen (secondary N) is 1.